The molecule has 0 saturated carbocycles. The van der Waals surface area contributed by atoms with E-state index in [1.807, 2.05) is 19.2 Å². The van der Waals surface area contributed by atoms with E-state index < -0.39 is 8.56 Å². The van der Waals surface area contributed by atoms with E-state index in [4.69, 9.17) is 8.85 Å². The summed E-state index contributed by atoms with van der Waals surface area (Å²) >= 11 is 0. The van der Waals surface area contributed by atoms with Gasteiger partial charge in [0.05, 0.1) is 0 Å². The molecule has 0 aliphatic carbocycles. The van der Waals surface area contributed by atoms with Crippen LogP contribution >= 0.6 is 0 Å². The summed E-state index contributed by atoms with van der Waals surface area (Å²) in [6.07, 6.45) is 3.58. The molecule has 0 aliphatic heterocycles. The third kappa shape index (κ3) is 6.02. The Morgan fingerprint density at radius 3 is 2.38 bits per heavy atom. The Morgan fingerprint density at radius 1 is 1.23 bits per heavy atom. The minimum absolute atomic E-state index is 0.711. The van der Waals surface area contributed by atoms with E-state index in [1.54, 1.807) is 0 Å². The molecule has 13 heavy (non-hydrogen) atoms. The smallest absolute Gasteiger partial charge is 0.361 e. The molecule has 0 radical (unpaired) electrons. The van der Waals surface area contributed by atoms with Gasteiger partial charge >= 0.3 is 8.56 Å². The van der Waals surface area contributed by atoms with E-state index in [9.17, 15) is 0 Å². The quantitative estimate of drug-likeness (QED) is 0.445. The number of unbranched alkanes of at least 4 members (excludes halogenated alkanes) is 2. The van der Waals surface area contributed by atoms with Gasteiger partial charge in [0.25, 0.3) is 0 Å². The third-order valence-electron chi connectivity index (χ3n) is 1.94. The fraction of sp³-hybridized carbons (Fsp3) is 0.800. The molecule has 1 unspecified atom stereocenters. The van der Waals surface area contributed by atoms with Crippen molar-refractivity contribution in [3.8, 4) is 0 Å². The van der Waals surface area contributed by atoms with Crippen LogP contribution in [0.4, 0.5) is 0 Å². The Morgan fingerprint density at radius 2 is 1.92 bits per heavy atom. The van der Waals surface area contributed by atoms with Gasteiger partial charge in [0.15, 0.2) is 0 Å². The highest BCUT2D eigenvalue weighted by atomic mass is 28.4. The van der Waals surface area contributed by atoms with Gasteiger partial charge in [0.2, 0.25) is 0 Å². The molecule has 0 fully saturated rings. The molecule has 0 heterocycles. The highest BCUT2D eigenvalue weighted by molar-refractivity contribution is 6.71. The maximum Gasteiger partial charge on any atom is 0.361 e. The first-order valence-corrected chi connectivity index (χ1v) is 7.49. The molecule has 0 saturated heterocycles. The number of hydrogen-bond donors (Lipinski definition) is 0. The number of hydrogen-bond acceptors (Lipinski definition) is 2. The molecule has 0 aromatic heterocycles. The molecule has 0 rings (SSSR count). The summed E-state index contributed by atoms with van der Waals surface area (Å²) in [5.41, 5.74) is 1.85. The van der Waals surface area contributed by atoms with Crippen LogP contribution in [0.5, 0.6) is 0 Å². The van der Waals surface area contributed by atoms with Crippen molar-refractivity contribution in [1.82, 2.24) is 0 Å². The van der Waals surface area contributed by atoms with Crippen LogP contribution in [-0.2, 0) is 8.85 Å². The molecule has 78 valence electrons. The molecule has 0 spiro atoms. The van der Waals surface area contributed by atoms with Gasteiger partial charge in [-0.3, -0.25) is 0 Å². The molecule has 3 heteroatoms. The second-order valence-electron chi connectivity index (χ2n) is 3.21. The average molecular weight is 202 g/mol. The average Bonchev–Trinajstić information content (AvgIpc) is 2.13. The van der Waals surface area contributed by atoms with E-state index in [-0.39, 0.29) is 0 Å². The zero-order valence-corrected chi connectivity index (χ0v) is 10.1. The Bertz CT molecular complexity index is 139. The van der Waals surface area contributed by atoms with Crippen molar-refractivity contribution < 1.29 is 8.85 Å². The standard InChI is InChI=1S/C10H22O2Si/c1-5-8-9-10-12-13(4,7-3)11-6-2/h7H,3,5-6,8-10H2,1-2,4H3. The lowest BCUT2D eigenvalue weighted by Gasteiger charge is -2.22. The van der Waals surface area contributed by atoms with Crippen molar-refractivity contribution >= 4 is 8.56 Å². The van der Waals surface area contributed by atoms with Crippen LogP contribution in [0.15, 0.2) is 12.3 Å². The van der Waals surface area contributed by atoms with E-state index in [1.165, 1.54) is 12.8 Å². The first kappa shape index (κ1) is 12.9. The highest BCUT2D eigenvalue weighted by Gasteiger charge is 2.26. The second-order valence-corrected chi connectivity index (χ2v) is 6.23. The van der Waals surface area contributed by atoms with Crippen LogP contribution in [-0.4, -0.2) is 21.8 Å². The van der Waals surface area contributed by atoms with Gasteiger partial charge in [-0.05, 0) is 25.6 Å². The van der Waals surface area contributed by atoms with E-state index in [2.05, 4.69) is 13.5 Å². The summed E-state index contributed by atoms with van der Waals surface area (Å²) in [6, 6.07) is 0. The summed E-state index contributed by atoms with van der Waals surface area (Å²) in [6.45, 7) is 11.5. The lowest BCUT2D eigenvalue weighted by Crippen LogP contribution is -2.36. The first-order chi connectivity index (χ1) is 6.18. The van der Waals surface area contributed by atoms with Gasteiger partial charge < -0.3 is 8.85 Å². The van der Waals surface area contributed by atoms with Crippen LogP contribution in [0.25, 0.3) is 0 Å². The molecule has 0 aromatic carbocycles. The van der Waals surface area contributed by atoms with E-state index in [0.29, 0.717) is 6.61 Å². The van der Waals surface area contributed by atoms with E-state index >= 15 is 0 Å². The molecule has 0 bridgehead atoms. The minimum Gasteiger partial charge on any atom is -0.392 e. The monoisotopic (exact) mass is 202 g/mol. The lowest BCUT2D eigenvalue weighted by atomic mass is 10.3. The van der Waals surface area contributed by atoms with Gasteiger partial charge in [-0.2, -0.15) is 0 Å². The predicted octanol–water partition coefficient (Wildman–Crippen LogP) is 3.03. The third-order valence-corrected chi connectivity index (χ3v) is 4.32. The lowest BCUT2D eigenvalue weighted by molar-refractivity contribution is 0.188. The molecule has 0 aliphatic rings. The van der Waals surface area contributed by atoms with Gasteiger partial charge in [-0.15, -0.1) is 6.58 Å². The van der Waals surface area contributed by atoms with Crippen molar-refractivity contribution in [2.24, 2.45) is 0 Å². The van der Waals surface area contributed by atoms with Crippen molar-refractivity contribution in [3.63, 3.8) is 0 Å². The molecule has 0 aromatic rings. The van der Waals surface area contributed by atoms with Crippen LogP contribution in [0.2, 0.25) is 6.55 Å². The molecular formula is C10H22O2Si. The Labute approximate surface area is 83.2 Å². The van der Waals surface area contributed by atoms with Crippen molar-refractivity contribution in [1.29, 1.82) is 0 Å². The fourth-order valence-corrected chi connectivity index (χ4v) is 2.51. The van der Waals surface area contributed by atoms with Crippen LogP contribution < -0.4 is 0 Å². The summed E-state index contributed by atoms with van der Waals surface area (Å²) < 4.78 is 11.3. The Balaban J connectivity index is 3.63. The predicted molar refractivity (Wildman–Crippen MR) is 58.9 cm³/mol. The van der Waals surface area contributed by atoms with Crippen LogP contribution in [0, 0.1) is 0 Å². The summed E-state index contributed by atoms with van der Waals surface area (Å²) in [4.78, 5) is 0. The normalized spacial score (nSPS) is 15.3. The molecule has 2 nitrogen and oxygen atoms in total. The topological polar surface area (TPSA) is 18.5 Å². The molecule has 1 atom stereocenters. The van der Waals surface area contributed by atoms with Crippen molar-refractivity contribution in [3.05, 3.63) is 12.3 Å². The SMILES string of the molecule is C=C[Si](C)(OCC)OCCCCC. The van der Waals surface area contributed by atoms with Crippen molar-refractivity contribution in [2.75, 3.05) is 13.2 Å². The van der Waals surface area contributed by atoms with Crippen LogP contribution in [0.1, 0.15) is 33.1 Å². The van der Waals surface area contributed by atoms with E-state index in [0.717, 1.165) is 13.0 Å². The minimum atomic E-state index is -2.01. The van der Waals surface area contributed by atoms with Crippen LogP contribution in [0.3, 0.4) is 0 Å². The molecular weight excluding hydrogens is 180 g/mol. The Kier molecular flexibility index (Phi) is 7.23. The number of rotatable bonds is 8. The van der Waals surface area contributed by atoms with Gasteiger partial charge in [-0.25, -0.2) is 0 Å². The highest BCUT2D eigenvalue weighted by Crippen LogP contribution is 2.09. The first-order valence-electron chi connectivity index (χ1n) is 5.10. The van der Waals surface area contributed by atoms with Gasteiger partial charge in [0, 0.05) is 13.2 Å². The largest absolute Gasteiger partial charge is 0.392 e. The second kappa shape index (κ2) is 7.30. The van der Waals surface area contributed by atoms with Crippen molar-refractivity contribution in [2.45, 2.75) is 39.7 Å². The summed E-state index contributed by atoms with van der Waals surface area (Å²) in [7, 11) is -2.01. The summed E-state index contributed by atoms with van der Waals surface area (Å²) in [5, 5.41) is 0. The zero-order chi connectivity index (χ0) is 10.2. The zero-order valence-electron chi connectivity index (χ0n) is 9.14. The Hall–Kier alpha value is -0.123. The fourth-order valence-electron chi connectivity index (χ4n) is 1.07. The maximum absolute atomic E-state index is 5.72. The van der Waals surface area contributed by atoms with Gasteiger partial charge in [-0.1, -0.05) is 19.8 Å². The molecule has 0 N–H and O–H groups in total. The summed E-state index contributed by atoms with van der Waals surface area (Å²) in [5.74, 6) is 0. The molecule has 0 amide bonds. The maximum atomic E-state index is 5.72. The van der Waals surface area contributed by atoms with Gasteiger partial charge in [0.1, 0.15) is 0 Å².